The van der Waals surface area contributed by atoms with Crippen molar-refractivity contribution in [2.45, 2.75) is 71.9 Å². The van der Waals surface area contributed by atoms with E-state index in [1.807, 2.05) is 23.6 Å². The van der Waals surface area contributed by atoms with Crippen LogP contribution < -0.4 is 0 Å². The molecule has 3 aliphatic rings. The second-order valence-corrected chi connectivity index (χ2v) is 8.95. The van der Waals surface area contributed by atoms with Crippen molar-refractivity contribution < 1.29 is 9.59 Å². The molecular formula is C20H35N3O2. The molecular weight excluding hydrogens is 314 g/mol. The van der Waals surface area contributed by atoms with Crippen molar-refractivity contribution in [1.82, 2.24) is 14.7 Å². The Kier molecular flexibility index (Phi) is 5.42. The molecule has 0 radical (unpaired) electrons. The molecule has 3 fully saturated rings. The Morgan fingerprint density at radius 1 is 1.04 bits per heavy atom. The lowest BCUT2D eigenvalue weighted by atomic mass is 9.61. The van der Waals surface area contributed by atoms with Gasteiger partial charge in [0.05, 0.1) is 5.41 Å². The van der Waals surface area contributed by atoms with Crippen molar-refractivity contribution >= 4 is 11.8 Å². The van der Waals surface area contributed by atoms with E-state index in [1.54, 1.807) is 0 Å². The van der Waals surface area contributed by atoms with E-state index in [-0.39, 0.29) is 29.3 Å². The molecule has 142 valence electrons. The van der Waals surface area contributed by atoms with Gasteiger partial charge in [0.25, 0.3) is 0 Å². The zero-order valence-electron chi connectivity index (χ0n) is 16.5. The molecule has 5 heteroatoms. The second kappa shape index (κ2) is 7.26. The highest BCUT2D eigenvalue weighted by Crippen LogP contribution is 2.51. The number of β-lactam (4-membered cyclic amide) rings is 1. The predicted octanol–water partition coefficient (Wildman–Crippen LogP) is 2.36. The van der Waals surface area contributed by atoms with Gasteiger partial charge in [-0.05, 0) is 32.6 Å². The summed E-state index contributed by atoms with van der Waals surface area (Å²) < 4.78 is 0. The molecule has 1 spiro atoms. The van der Waals surface area contributed by atoms with Crippen LogP contribution in [0.1, 0.15) is 59.8 Å². The average Bonchev–Trinajstić information content (AvgIpc) is 2.59. The zero-order chi connectivity index (χ0) is 18.2. The molecule has 0 aromatic carbocycles. The monoisotopic (exact) mass is 349 g/mol. The van der Waals surface area contributed by atoms with E-state index in [2.05, 4.69) is 18.7 Å². The SMILES string of the molecule is CC(C)CN1CCN(C(=O)C2N(C(C)C)C(=O)C23CCCCC3)CC1. The van der Waals surface area contributed by atoms with Crippen LogP contribution in [0, 0.1) is 11.3 Å². The summed E-state index contributed by atoms with van der Waals surface area (Å²) in [5.74, 6) is 1.10. The number of likely N-dealkylation sites (tertiary alicyclic amines) is 1. The van der Waals surface area contributed by atoms with Gasteiger partial charge in [0.15, 0.2) is 0 Å². The molecule has 2 saturated heterocycles. The molecule has 5 nitrogen and oxygen atoms in total. The maximum atomic E-state index is 13.4. The lowest BCUT2D eigenvalue weighted by Crippen LogP contribution is -2.76. The Balaban J connectivity index is 1.69. The molecule has 2 amide bonds. The standard InChI is InChI=1S/C20H35N3O2/c1-15(2)14-21-10-12-22(13-11-21)18(24)17-20(8-6-5-7-9-20)19(25)23(17)16(3)4/h15-17H,5-14H2,1-4H3. The number of hydrogen-bond donors (Lipinski definition) is 0. The molecule has 2 heterocycles. The number of nitrogens with zero attached hydrogens (tertiary/aromatic N) is 3. The van der Waals surface area contributed by atoms with Crippen LogP contribution in [0.15, 0.2) is 0 Å². The van der Waals surface area contributed by atoms with Gasteiger partial charge >= 0.3 is 0 Å². The van der Waals surface area contributed by atoms with Crippen LogP contribution in [0.3, 0.4) is 0 Å². The molecule has 2 aliphatic heterocycles. The predicted molar refractivity (Wildman–Crippen MR) is 99.1 cm³/mol. The van der Waals surface area contributed by atoms with Gasteiger partial charge in [-0.1, -0.05) is 33.1 Å². The Bertz CT molecular complexity index is 503. The van der Waals surface area contributed by atoms with E-state index in [4.69, 9.17) is 0 Å². The third-order valence-electron chi connectivity index (χ3n) is 6.31. The van der Waals surface area contributed by atoms with Crippen molar-refractivity contribution in [3.8, 4) is 0 Å². The van der Waals surface area contributed by atoms with Crippen LogP contribution >= 0.6 is 0 Å². The first-order valence-corrected chi connectivity index (χ1v) is 10.2. The Morgan fingerprint density at radius 2 is 1.64 bits per heavy atom. The first-order valence-electron chi connectivity index (χ1n) is 10.2. The number of hydrogen-bond acceptors (Lipinski definition) is 3. The molecule has 0 aromatic rings. The average molecular weight is 350 g/mol. The van der Waals surface area contributed by atoms with Crippen LogP contribution in [0.2, 0.25) is 0 Å². The van der Waals surface area contributed by atoms with Gasteiger partial charge in [-0.2, -0.15) is 0 Å². The third-order valence-corrected chi connectivity index (χ3v) is 6.31. The molecule has 1 saturated carbocycles. The fraction of sp³-hybridized carbons (Fsp3) is 0.900. The molecule has 1 unspecified atom stereocenters. The fourth-order valence-electron chi connectivity index (χ4n) is 5.09. The topological polar surface area (TPSA) is 43.9 Å². The van der Waals surface area contributed by atoms with Crippen molar-refractivity contribution in [1.29, 1.82) is 0 Å². The van der Waals surface area contributed by atoms with E-state index >= 15 is 0 Å². The third kappa shape index (κ3) is 3.32. The number of piperazine rings is 1. The zero-order valence-corrected chi connectivity index (χ0v) is 16.5. The van der Waals surface area contributed by atoms with E-state index in [0.717, 1.165) is 58.4 Å². The van der Waals surface area contributed by atoms with Crippen molar-refractivity contribution in [3.05, 3.63) is 0 Å². The maximum Gasteiger partial charge on any atom is 0.246 e. The quantitative estimate of drug-likeness (QED) is 0.732. The Morgan fingerprint density at radius 3 is 2.16 bits per heavy atom. The van der Waals surface area contributed by atoms with Gasteiger partial charge in [0.2, 0.25) is 11.8 Å². The minimum atomic E-state index is -0.380. The van der Waals surface area contributed by atoms with Gasteiger partial charge in [-0.15, -0.1) is 0 Å². The lowest BCUT2D eigenvalue weighted by molar-refractivity contribution is -0.190. The van der Waals surface area contributed by atoms with Gasteiger partial charge in [-0.3, -0.25) is 14.5 Å². The number of amides is 2. The van der Waals surface area contributed by atoms with Crippen LogP contribution in [0.4, 0.5) is 0 Å². The highest BCUT2D eigenvalue weighted by Gasteiger charge is 2.64. The van der Waals surface area contributed by atoms with Gasteiger partial charge in [0.1, 0.15) is 6.04 Å². The maximum absolute atomic E-state index is 13.4. The summed E-state index contributed by atoms with van der Waals surface area (Å²) in [5.41, 5.74) is -0.380. The summed E-state index contributed by atoms with van der Waals surface area (Å²) in [4.78, 5) is 32.6. The summed E-state index contributed by atoms with van der Waals surface area (Å²) in [5, 5.41) is 0. The summed E-state index contributed by atoms with van der Waals surface area (Å²) in [6, 6.07) is -0.104. The molecule has 0 aromatic heterocycles. The minimum absolute atomic E-state index is 0.108. The van der Waals surface area contributed by atoms with Crippen LogP contribution in [0.5, 0.6) is 0 Å². The molecule has 25 heavy (non-hydrogen) atoms. The summed E-state index contributed by atoms with van der Waals surface area (Å²) in [7, 11) is 0. The van der Waals surface area contributed by atoms with E-state index in [1.165, 1.54) is 6.42 Å². The van der Waals surface area contributed by atoms with Crippen molar-refractivity contribution in [2.24, 2.45) is 11.3 Å². The van der Waals surface area contributed by atoms with E-state index < -0.39 is 0 Å². The molecule has 1 aliphatic carbocycles. The normalized spacial score (nSPS) is 27.3. The first kappa shape index (κ1) is 18.7. The highest BCUT2D eigenvalue weighted by atomic mass is 16.2. The largest absolute Gasteiger partial charge is 0.338 e. The van der Waals surface area contributed by atoms with Crippen molar-refractivity contribution in [3.63, 3.8) is 0 Å². The number of rotatable bonds is 4. The summed E-state index contributed by atoms with van der Waals surface area (Å²) in [6.07, 6.45) is 5.18. The smallest absolute Gasteiger partial charge is 0.246 e. The molecule has 0 N–H and O–H groups in total. The molecule has 1 atom stereocenters. The van der Waals surface area contributed by atoms with Gasteiger partial charge in [-0.25, -0.2) is 0 Å². The Labute approximate surface area is 152 Å². The lowest BCUT2D eigenvalue weighted by Gasteiger charge is -2.59. The second-order valence-electron chi connectivity index (χ2n) is 8.95. The number of carbonyl (C=O) groups is 2. The van der Waals surface area contributed by atoms with Gasteiger partial charge < -0.3 is 9.80 Å². The van der Waals surface area contributed by atoms with Crippen LogP contribution in [-0.2, 0) is 9.59 Å². The van der Waals surface area contributed by atoms with Crippen molar-refractivity contribution in [2.75, 3.05) is 32.7 Å². The highest BCUT2D eigenvalue weighted by molar-refractivity contribution is 6.02. The molecule has 3 rings (SSSR count). The van der Waals surface area contributed by atoms with E-state index in [9.17, 15) is 9.59 Å². The molecule has 0 bridgehead atoms. The van der Waals surface area contributed by atoms with E-state index in [0.29, 0.717) is 5.92 Å². The minimum Gasteiger partial charge on any atom is -0.338 e. The van der Waals surface area contributed by atoms with Gasteiger partial charge in [0, 0.05) is 38.8 Å². The van der Waals surface area contributed by atoms with Crippen LogP contribution in [-0.4, -0.2) is 71.3 Å². The first-order chi connectivity index (χ1) is 11.9. The fourth-order valence-corrected chi connectivity index (χ4v) is 5.09. The number of carbonyl (C=O) groups excluding carboxylic acids is 2. The summed E-state index contributed by atoms with van der Waals surface area (Å²) >= 11 is 0. The summed E-state index contributed by atoms with van der Waals surface area (Å²) in [6.45, 7) is 13.2. The Hall–Kier alpha value is -1.10. The van der Waals surface area contributed by atoms with Crippen LogP contribution in [0.25, 0.3) is 0 Å².